The average molecular weight is 502 g/mol. The van der Waals surface area contributed by atoms with Crippen LogP contribution in [-0.2, 0) is 4.74 Å². The summed E-state index contributed by atoms with van der Waals surface area (Å²) < 4.78 is 18.9. The van der Waals surface area contributed by atoms with Crippen LogP contribution in [-0.4, -0.2) is 50.8 Å². The monoisotopic (exact) mass is 501 g/mol. The number of anilines is 3. The van der Waals surface area contributed by atoms with Crippen molar-refractivity contribution in [1.82, 2.24) is 25.3 Å². The minimum Gasteiger partial charge on any atom is -0.444 e. The van der Waals surface area contributed by atoms with E-state index in [9.17, 15) is 9.18 Å². The highest BCUT2D eigenvalue weighted by Gasteiger charge is 2.28. The molecule has 186 valence electrons. The number of rotatable bonds is 5. The molecule has 1 fully saturated rings. The van der Waals surface area contributed by atoms with Gasteiger partial charge in [-0.05, 0) is 64.7 Å². The summed E-state index contributed by atoms with van der Waals surface area (Å²) in [6, 6.07) is 4.66. The van der Waals surface area contributed by atoms with E-state index in [1.54, 1.807) is 12.3 Å². The lowest BCUT2D eigenvalue weighted by Crippen LogP contribution is -2.44. The fourth-order valence-corrected chi connectivity index (χ4v) is 4.24. The van der Waals surface area contributed by atoms with Crippen molar-refractivity contribution < 1.29 is 13.9 Å². The van der Waals surface area contributed by atoms with Gasteiger partial charge < -0.3 is 20.3 Å². The van der Waals surface area contributed by atoms with Gasteiger partial charge in [0.2, 0.25) is 5.95 Å². The molecule has 2 heterocycles. The number of alkyl carbamates (subject to hydrolysis) is 1. The summed E-state index contributed by atoms with van der Waals surface area (Å²) in [5.41, 5.74) is 1.19. The molecule has 0 saturated heterocycles. The second-order valence-electron chi connectivity index (χ2n) is 9.64. The lowest BCUT2D eigenvalue weighted by Gasteiger charge is -2.35. The highest BCUT2D eigenvalue weighted by molar-refractivity contribution is 6.31. The highest BCUT2D eigenvalue weighted by atomic mass is 35.5. The summed E-state index contributed by atoms with van der Waals surface area (Å²) in [5, 5.41) is 6.12. The van der Waals surface area contributed by atoms with Crippen LogP contribution in [0.5, 0.6) is 0 Å². The molecule has 4 rings (SSSR count). The summed E-state index contributed by atoms with van der Waals surface area (Å²) in [4.78, 5) is 31.9. The highest BCUT2D eigenvalue weighted by Crippen LogP contribution is 2.28. The first-order valence-corrected chi connectivity index (χ1v) is 11.9. The molecular formula is C24H29ClFN7O2. The van der Waals surface area contributed by atoms with Gasteiger partial charge >= 0.3 is 6.09 Å². The van der Waals surface area contributed by atoms with Gasteiger partial charge in [-0.3, -0.25) is 0 Å². The molecule has 35 heavy (non-hydrogen) atoms. The molecule has 11 heteroatoms. The van der Waals surface area contributed by atoms with Gasteiger partial charge in [-0.2, -0.15) is 0 Å². The third-order valence-electron chi connectivity index (χ3n) is 5.83. The first-order chi connectivity index (χ1) is 16.6. The van der Waals surface area contributed by atoms with Crippen LogP contribution in [0, 0.1) is 5.82 Å². The Bertz CT molecular complexity index is 1210. The molecule has 1 amide bonds. The minimum absolute atomic E-state index is 0.0140. The van der Waals surface area contributed by atoms with E-state index in [4.69, 9.17) is 21.3 Å². The van der Waals surface area contributed by atoms with Gasteiger partial charge in [0.05, 0.1) is 11.2 Å². The standard InChI is InChI=1S/C24H29ClFN7O2/c1-24(2,3)35-23(34)31-14-5-8-16(9-6-14)33(4)22-27-12-19-20(32-22)21(29-13-28-19)30-15-7-10-18(26)17(25)11-15/h7,10-14,16H,5-6,8-9H2,1-4H3,(H,31,34)(H,28,29,30). The number of benzene rings is 1. The van der Waals surface area contributed by atoms with E-state index < -0.39 is 11.4 Å². The Morgan fingerprint density at radius 3 is 2.60 bits per heavy atom. The third kappa shape index (κ3) is 6.25. The van der Waals surface area contributed by atoms with Gasteiger partial charge in [0.15, 0.2) is 5.82 Å². The second-order valence-corrected chi connectivity index (χ2v) is 10.0. The largest absolute Gasteiger partial charge is 0.444 e. The van der Waals surface area contributed by atoms with E-state index in [-0.39, 0.29) is 23.2 Å². The zero-order valence-electron chi connectivity index (χ0n) is 20.2. The van der Waals surface area contributed by atoms with Gasteiger partial charge in [-0.15, -0.1) is 0 Å². The van der Waals surface area contributed by atoms with Crippen molar-refractivity contribution in [3.63, 3.8) is 0 Å². The summed E-state index contributed by atoms with van der Waals surface area (Å²) >= 11 is 5.91. The average Bonchev–Trinajstić information content (AvgIpc) is 2.80. The second kappa shape index (κ2) is 10.2. The summed E-state index contributed by atoms with van der Waals surface area (Å²) in [6.45, 7) is 5.55. The maximum Gasteiger partial charge on any atom is 0.407 e. The number of aromatic nitrogens is 4. The predicted octanol–water partition coefficient (Wildman–Crippen LogP) is 5.23. The number of fused-ring (bicyclic) bond motifs is 1. The molecule has 0 bridgehead atoms. The number of hydrogen-bond donors (Lipinski definition) is 2. The number of ether oxygens (including phenoxy) is 1. The minimum atomic E-state index is -0.519. The number of hydrogen-bond acceptors (Lipinski definition) is 8. The molecule has 9 nitrogen and oxygen atoms in total. The molecule has 3 aromatic rings. The Hall–Kier alpha value is -3.27. The molecule has 0 unspecified atom stereocenters. The van der Waals surface area contributed by atoms with Crippen LogP contribution in [0.2, 0.25) is 5.02 Å². The van der Waals surface area contributed by atoms with Crippen LogP contribution in [0.15, 0.2) is 30.7 Å². The van der Waals surface area contributed by atoms with Crippen LogP contribution >= 0.6 is 11.6 Å². The van der Waals surface area contributed by atoms with Crippen LogP contribution in [0.25, 0.3) is 11.0 Å². The maximum absolute atomic E-state index is 13.5. The summed E-state index contributed by atoms with van der Waals surface area (Å²) in [7, 11) is 1.96. The normalized spacial score (nSPS) is 18.2. The van der Waals surface area contributed by atoms with Crippen molar-refractivity contribution in [2.45, 2.75) is 64.1 Å². The van der Waals surface area contributed by atoms with Gasteiger partial charge in [-0.25, -0.2) is 29.1 Å². The van der Waals surface area contributed by atoms with Gasteiger partial charge in [0.1, 0.15) is 28.8 Å². The summed E-state index contributed by atoms with van der Waals surface area (Å²) in [5.74, 6) is 0.531. The SMILES string of the molecule is CN(c1ncc2ncnc(Nc3ccc(F)c(Cl)c3)c2n1)C1CCC(NC(=O)OC(C)(C)C)CC1. The fourth-order valence-electron chi connectivity index (χ4n) is 4.06. The van der Waals surface area contributed by atoms with Crippen LogP contribution in [0.1, 0.15) is 46.5 Å². The number of carbonyl (C=O) groups is 1. The van der Waals surface area contributed by atoms with Crippen LogP contribution in [0.4, 0.5) is 26.6 Å². The Morgan fingerprint density at radius 2 is 1.91 bits per heavy atom. The zero-order chi connectivity index (χ0) is 25.2. The Balaban J connectivity index is 1.45. The molecule has 1 aliphatic rings. The molecule has 0 atom stereocenters. The molecule has 0 aliphatic heterocycles. The zero-order valence-corrected chi connectivity index (χ0v) is 20.9. The predicted molar refractivity (Wildman–Crippen MR) is 134 cm³/mol. The molecule has 2 N–H and O–H groups in total. The molecule has 1 aromatic carbocycles. The molecule has 0 spiro atoms. The van der Waals surface area contributed by atoms with E-state index in [2.05, 4.69) is 30.5 Å². The molecule has 2 aromatic heterocycles. The van der Waals surface area contributed by atoms with Gasteiger partial charge in [0.25, 0.3) is 0 Å². The van der Waals surface area contributed by atoms with Gasteiger partial charge in [-0.1, -0.05) is 11.6 Å². The van der Waals surface area contributed by atoms with E-state index in [1.807, 2.05) is 27.8 Å². The number of nitrogens with zero attached hydrogens (tertiary/aromatic N) is 5. The maximum atomic E-state index is 13.5. The van der Waals surface area contributed by atoms with Crippen molar-refractivity contribution in [1.29, 1.82) is 0 Å². The fraction of sp³-hybridized carbons (Fsp3) is 0.458. The van der Waals surface area contributed by atoms with E-state index >= 15 is 0 Å². The molecule has 0 radical (unpaired) electrons. The quantitative estimate of drug-likeness (QED) is 0.489. The number of nitrogens with one attached hydrogen (secondary N) is 2. The van der Waals surface area contributed by atoms with Crippen LogP contribution < -0.4 is 15.5 Å². The molecule has 1 saturated carbocycles. The lowest BCUT2D eigenvalue weighted by molar-refractivity contribution is 0.0491. The van der Waals surface area contributed by atoms with Crippen molar-refractivity contribution in [2.24, 2.45) is 0 Å². The van der Waals surface area contributed by atoms with Crippen molar-refractivity contribution in [3.8, 4) is 0 Å². The van der Waals surface area contributed by atoms with E-state index in [1.165, 1.54) is 18.5 Å². The Morgan fingerprint density at radius 1 is 1.17 bits per heavy atom. The Kier molecular flexibility index (Phi) is 7.20. The topological polar surface area (TPSA) is 105 Å². The number of amides is 1. The first-order valence-electron chi connectivity index (χ1n) is 11.5. The lowest BCUT2D eigenvalue weighted by atomic mass is 9.90. The van der Waals surface area contributed by atoms with Crippen molar-refractivity contribution in [2.75, 3.05) is 17.3 Å². The summed E-state index contributed by atoms with van der Waals surface area (Å²) in [6.07, 6.45) is 6.13. The van der Waals surface area contributed by atoms with Crippen LogP contribution in [0.3, 0.4) is 0 Å². The third-order valence-corrected chi connectivity index (χ3v) is 6.12. The van der Waals surface area contributed by atoms with Crippen molar-refractivity contribution >= 4 is 46.2 Å². The Labute approximate surface area is 208 Å². The van der Waals surface area contributed by atoms with E-state index in [0.717, 1.165) is 25.7 Å². The molecular weight excluding hydrogens is 473 g/mol. The molecule has 1 aliphatic carbocycles. The number of carbonyl (C=O) groups excluding carboxylic acids is 1. The first kappa shape index (κ1) is 24.8. The van der Waals surface area contributed by atoms with E-state index in [0.29, 0.717) is 28.5 Å². The smallest absolute Gasteiger partial charge is 0.407 e. The number of halogens is 2. The van der Waals surface area contributed by atoms with Crippen molar-refractivity contribution in [3.05, 3.63) is 41.6 Å². The van der Waals surface area contributed by atoms with Gasteiger partial charge in [0, 0.05) is 24.8 Å².